The highest BCUT2D eigenvalue weighted by Crippen LogP contribution is 2.04. The fourth-order valence-electron chi connectivity index (χ4n) is 1.08. The van der Waals surface area contributed by atoms with E-state index in [4.69, 9.17) is 10.8 Å². The third-order valence-corrected chi connectivity index (χ3v) is 1.82. The lowest BCUT2D eigenvalue weighted by Crippen LogP contribution is -2.13. The van der Waals surface area contributed by atoms with E-state index in [2.05, 4.69) is 0 Å². The Hall–Kier alpha value is -2.36. The first-order valence-electron chi connectivity index (χ1n) is 4.57. The van der Waals surface area contributed by atoms with Crippen molar-refractivity contribution in [1.82, 2.24) is 0 Å². The van der Waals surface area contributed by atoms with Gasteiger partial charge in [-0.25, -0.2) is 4.79 Å². The molecule has 1 rings (SSSR count). The normalized spacial score (nSPS) is 11.6. The number of carbonyl (C=O) groups is 2. The van der Waals surface area contributed by atoms with Crippen LogP contribution in [0.2, 0.25) is 0 Å². The molecule has 0 aliphatic rings. The molecule has 0 aromatic heterocycles. The zero-order valence-corrected chi connectivity index (χ0v) is 8.46. The first-order valence-corrected chi connectivity index (χ1v) is 4.57. The second-order valence-corrected chi connectivity index (χ2v) is 3.05. The molecule has 0 saturated carbocycles. The van der Waals surface area contributed by atoms with E-state index in [0.29, 0.717) is 0 Å². The number of carbonyl (C=O) groups excluding carboxylic acids is 1. The van der Waals surface area contributed by atoms with Crippen LogP contribution in [0.25, 0.3) is 6.08 Å². The molecule has 1 aromatic rings. The molecular weight excluding hydrogens is 206 g/mol. The number of hydrogen-bond donors (Lipinski definition) is 2. The monoisotopic (exact) mass is 217 g/mol. The van der Waals surface area contributed by atoms with Crippen molar-refractivity contribution >= 4 is 18.0 Å². The molecule has 0 unspecified atom stereocenters. The Labute approximate surface area is 92.7 Å². The Morgan fingerprint density at radius 1 is 1.19 bits per heavy atom. The van der Waals surface area contributed by atoms with Crippen LogP contribution in [-0.4, -0.2) is 17.0 Å². The second kappa shape index (κ2) is 5.50. The van der Waals surface area contributed by atoms with Gasteiger partial charge in [0.2, 0.25) is 5.91 Å². The molecule has 0 atom stereocenters. The summed E-state index contributed by atoms with van der Waals surface area (Å²) in [7, 11) is 0. The van der Waals surface area contributed by atoms with Gasteiger partial charge in [-0.1, -0.05) is 36.4 Å². The Morgan fingerprint density at radius 3 is 2.31 bits per heavy atom. The van der Waals surface area contributed by atoms with Gasteiger partial charge in [-0.05, 0) is 11.6 Å². The fraction of sp³-hybridized carbons (Fsp3) is 0. The second-order valence-electron chi connectivity index (χ2n) is 3.05. The molecule has 4 nitrogen and oxygen atoms in total. The summed E-state index contributed by atoms with van der Waals surface area (Å²) in [5.41, 5.74) is 5.84. The van der Waals surface area contributed by atoms with Crippen molar-refractivity contribution in [3.8, 4) is 0 Å². The summed E-state index contributed by atoms with van der Waals surface area (Å²) in [6, 6.07) is 9.19. The molecule has 0 fully saturated rings. The minimum Gasteiger partial charge on any atom is -0.478 e. The summed E-state index contributed by atoms with van der Waals surface area (Å²) in [4.78, 5) is 21.3. The highest BCUT2D eigenvalue weighted by atomic mass is 16.4. The van der Waals surface area contributed by atoms with Crippen LogP contribution in [0.5, 0.6) is 0 Å². The van der Waals surface area contributed by atoms with E-state index in [0.717, 1.165) is 11.6 Å². The maximum absolute atomic E-state index is 10.9. The number of primary amides is 1. The SMILES string of the molecule is NC(=O)/C(C=Cc1ccccc1)=C\C(=O)O. The third-order valence-electron chi connectivity index (χ3n) is 1.82. The molecule has 82 valence electrons. The average molecular weight is 217 g/mol. The molecule has 1 amide bonds. The number of amides is 1. The van der Waals surface area contributed by atoms with Gasteiger partial charge < -0.3 is 10.8 Å². The number of benzene rings is 1. The van der Waals surface area contributed by atoms with Gasteiger partial charge >= 0.3 is 5.97 Å². The molecule has 1 aromatic carbocycles. The summed E-state index contributed by atoms with van der Waals surface area (Å²) in [6.45, 7) is 0. The molecule has 0 radical (unpaired) electrons. The fourth-order valence-corrected chi connectivity index (χ4v) is 1.08. The lowest BCUT2D eigenvalue weighted by atomic mass is 10.1. The van der Waals surface area contributed by atoms with Crippen LogP contribution in [0, 0.1) is 0 Å². The summed E-state index contributed by atoms with van der Waals surface area (Å²) in [5.74, 6) is -1.97. The van der Waals surface area contributed by atoms with Crippen molar-refractivity contribution in [2.45, 2.75) is 0 Å². The molecule has 16 heavy (non-hydrogen) atoms. The van der Waals surface area contributed by atoms with E-state index in [-0.39, 0.29) is 5.57 Å². The summed E-state index contributed by atoms with van der Waals surface area (Å²) in [5, 5.41) is 8.51. The number of nitrogens with two attached hydrogens (primary N) is 1. The van der Waals surface area contributed by atoms with Crippen molar-refractivity contribution in [1.29, 1.82) is 0 Å². The molecular formula is C12H11NO3. The largest absolute Gasteiger partial charge is 0.478 e. The molecule has 0 heterocycles. The van der Waals surface area contributed by atoms with Crippen LogP contribution in [0.3, 0.4) is 0 Å². The highest BCUT2D eigenvalue weighted by molar-refractivity contribution is 6.01. The predicted molar refractivity (Wildman–Crippen MR) is 60.4 cm³/mol. The number of carboxylic acid groups (broad SMARTS) is 1. The Balaban J connectivity index is 2.89. The molecule has 0 saturated heterocycles. The Morgan fingerprint density at radius 2 is 1.81 bits per heavy atom. The molecule has 4 heteroatoms. The molecule has 0 aliphatic carbocycles. The lowest BCUT2D eigenvalue weighted by molar-refractivity contribution is -0.131. The number of rotatable bonds is 4. The van der Waals surface area contributed by atoms with Crippen LogP contribution < -0.4 is 5.73 Å². The zero-order valence-electron chi connectivity index (χ0n) is 8.46. The minimum absolute atomic E-state index is 0.0450. The number of hydrogen-bond acceptors (Lipinski definition) is 2. The Bertz CT molecular complexity index is 447. The molecule has 0 spiro atoms. The van der Waals surface area contributed by atoms with E-state index >= 15 is 0 Å². The van der Waals surface area contributed by atoms with Crippen LogP contribution in [-0.2, 0) is 9.59 Å². The third kappa shape index (κ3) is 3.79. The van der Waals surface area contributed by atoms with Gasteiger partial charge in [0.15, 0.2) is 0 Å². The van der Waals surface area contributed by atoms with Crippen molar-refractivity contribution in [3.05, 3.63) is 53.6 Å². The van der Waals surface area contributed by atoms with Gasteiger partial charge in [0.1, 0.15) is 0 Å². The van der Waals surface area contributed by atoms with Crippen LogP contribution in [0.15, 0.2) is 48.1 Å². The van der Waals surface area contributed by atoms with Crippen molar-refractivity contribution in [2.24, 2.45) is 5.73 Å². The maximum Gasteiger partial charge on any atom is 0.329 e. The first-order chi connectivity index (χ1) is 7.59. The standard InChI is InChI=1S/C12H11NO3/c13-12(16)10(8-11(14)15)7-6-9-4-2-1-3-5-9/h1-8H,(H2,13,16)(H,14,15)/b7-6?,10-8-. The van der Waals surface area contributed by atoms with Gasteiger partial charge in [0, 0.05) is 11.6 Å². The van der Waals surface area contributed by atoms with Crippen molar-refractivity contribution in [3.63, 3.8) is 0 Å². The van der Waals surface area contributed by atoms with E-state index in [1.807, 2.05) is 30.3 Å². The van der Waals surface area contributed by atoms with Gasteiger partial charge in [-0.3, -0.25) is 4.79 Å². The van der Waals surface area contributed by atoms with E-state index in [1.165, 1.54) is 6.08 Å². The molecule has 0 aliphatic heterocycles. The molecule has 3 N–H and O–H groups in total. The van der Waals surface area contributed by atoms with E-state index in [1.54, 1.807) is 6.08 Å². The van der Waals surface area contributed by atoms with Gasteiger partial charge in [-0.15, -0.1) is 0 Å². The van der Waals surface area contributed by atoms with Gasteiger partial charge in [0.25, 0.3) is 0 Å². The lowest BCUT2D eigenvalue weighted by Gasteiger charge is -1.94. The highest BCUT2D eigenvalue weighted by Gasteiger charge is 2.02. The smallest absolute Gasteiger partial charge is 0.329 e. The number of aliphatic carboxylic acids is 1. The topological polar surface area (TPSA) is 80.4 Å². The minimum atomic E-state index is -1.20. The van der Waals surface area contributed by atoms with Crippen LogP contribution in [0.4, 0.5) is 0 Å². The van der Waals surface area contributed by atoms with Crippen LogP contribution >= 0.6 is 0 Å². The van der Waals surface area contributed by atoms with E-state index < -0.39 is 11.9 Å². The van der Waals surface area contributed by atoms with Crippen molar-refractivity contribution in [2.75, 3.05) is 0 Å². The Kier molecular flexibility index (Phi) is 4.03. The van der Waals surface area contributed by atoms with Crippen LogP contribution in [0.1, 0.15) is 5.56 Å². The molecule has 0 bridgehead atoms. The predicted octanol–water partition coefficient (Wildman–Crippen LogP) is 1.20. The average Bonchev–Trinajstić information content (AvgIpc) is 2.25. The first kappa shape index (κ1) is 11.7. The zero-order chi connectivity index (χ0) is 12.0. The van der Waals surface area contributed by atoms with Crippen molar-refractivity contribution < 1.29 is 14.7 Å². The summed E-state index contributed by atoms with van der Waals surface area (Å²) < 4.78 is 0. The van der Waals surface area contributed by atoms with Gasteiger partial charge in [0.05, 0.1) is 0 Å². The quantitative estimate of drug-likeness (QED) is 0.587. The summed E-state index contributed by atoms with van der Waals surface area (Å²) >= 11 is 0. The van der Waals surface area contributed by atoms with Gasteiger partial charge in [-0.2, -0.15) is 0 Å². The number of carboxylic acids is 1. The van der Waals surface area contributed by atoms with E-state index in [9.17, 15) is 9.59 Å². The maximum atomic E-state index is 10.9. The summed E-state index contributed by atoms with van der Waals surface area (Å²) in [6.07, 6.45) is 3.78.